The van der Waals surface area contributed by atoms with Gasteiger partial charge in [0.1, 0.15) is 0 Å². The second-order valence-electron chi connectivity index (χ2n) is 6.48. The Morgan fingerprint density at radius 3 is 2.29 bits per heavy atom. The Hall–Kier alpha value is -1.24. The molecule has 0 saturated carbocycles. The van der Waals surface area contributed by atoms with Crippen LogP contribution in [0.3, 0.4) is 0 Å². The van der Waals surface area contributed by atoms with Gasteiger partial charge in [-0.3, -0.25) is 0 Å². The van der Waals surface area contributed by atoms with Crippen molar-refractivity contribution in [2.45, 2.75) is 77.6 Å². The van der Waals surface area contributed by atoms with Crippen LogP contribution >= 0.6 is 0 Å². The molecule has 0 amide bonds. The molecule has 1 heterocycles. The van der Waals surface area contributed by atoms with Gasteiger partial charge in [-0.25, -0.2) is 0 Å². The Morgan fingerprint density at radius 2 is 1.57 bits per heavy atom. The van der Waals surface area contributed by atoms with E-state index in [4.69, 9.17) is 0 Å². The molecule has 21 heavy (non-hydrogen) atoms. The van der Waals surface area contributed by atoms with Gasteiger partial charge in [-0.2, -0.15) is 0 Å². The molecule has 2 aromatic rings. The molecule has 1 aromatic heterocycles. The number of fused-ring (bicyclic) bond motifs is 1. The van der Waals surface area contributed by atoms with Crippen LogP contribution in [-0.4, -0.2) is 4.98 Å². The second kappa shape index (κ2) is 8.92. The van der Waals surface area contributed by atoms with Crippen molar-refractivity contribution in [1.29, 1.82) is 0 Å². The molecule has 2 rings (SSSR count). The van der Waals surface area contributed by atoms with E-state index in [1.165, 1.54) is 74.4 Å². The number of hydrogen-bond donors (Lipinski definition) is 1. The van der Waals surface area contributed by atoms with E-state index in [9.17, 15) is 0 Å². The average Bonchev–Trinajstić information content (AvgIpc) is 2.94. The van der Waals surface area contributed by atoms with E-state index in [1.54, 1.807) is 0 Å². The van der Waals surface area contributed by atoms with Crippen LogP contribution in [0.2, 0.25) is 0 Å². The van der Waals surface area contributed by atoms with E-state index in [-0.39, 0.29) is 0 Å². The predicted molar refractivity (Wildman–Crippen MR) is 93.9 cm³/mol. The monoisotopic (exact) mass is 285 g/mol. The minimum absolute atomic E-state index is 0.650. The summed E-state index contributed by atoms with van der Waals surface area (Å²) < 4.78 is 0. The number of aromatic nitrogens is 1. The zero-order chi connectivity index (χ0) is 14.9. The van der Waals surface area contributed by atoms with Crippen molar-refractivity contribution >= 4 is 10.9 Å². The van der Waals surface area contributed by atoms with Crippen LogP contribution in [0.5, 0.6) is 0 Å². The summed E-state index contributed by atoms with van der Waals surface area (Å²) >= 11 is 0. The molecule has 1 unspecified atom stereocenters. The summed E-state index contributed by atoms with van der Waals surface area (Å²) in [7, 11) is 0. The van der Waals surface area contributed by atoms with Crippen LogP contribution in [0.4, 0.5) is 0 Å². The number of nitrogens with one attached hydrogen (secondary N) is 1. The summed E-state index contributed by atoms with van der Waals surface area (Å²) in [6, 6.07) is 10.9. The van der Waals surface area contributed by atoms with Gasteiger partial charge in [-0.05, 0) is 29.9 Å². The van der Waals surface area contributed by atoms with Gasteiger partial charge in [0.05, 0.1) is 0 Å². The van der Waals surface area contributed by atoms with Gasteiger partial charge in [0, 0.05) is 11.2 Å². The van der Waals surface area contributed by atoms with Crippen molar-refractivity contribution < 1.29 is 0 Å². The molecule has 0 aliphatic heterocycles. The fraction of sp³-hybridized carbons (Fsp3) is 0.600. The molecule has 116 valence electrons. The Kier molecular flexibility index (Phi) is 6.85. The summed E-state index contributed by atoms with van der Waals surface area (Å²) in [5.74, 6) is 0.650. The number of benzene rings is 1. The van der Waals surface area contributed by atoms with Crippen LogP contribution in [0.15, 0.2) is 30.3 Å². The van der Waals surface area contributed by atoms with Crippen LogP contribution in [0.25, 0.3) is 10.9 Å². The van der Waals surface area contributed by atoms with Gasteiger partial charge in [-0.1, -0.05) is 83.4 Å². The molecule has 0 bridgehead atoms. The van der Waals surface area contributed by atoms with E-state index in [0.29, 0.717) is 5.92 Å². The van der Waals surface area contributed by atoms with E-state index < -0.39 is 0 Å². The average molecular weight is 285 g/mol. The van der Waals surface area contributed by atoms with E-state index in [2.05, 4.69) is 49.2 Å². The molecular formula is C20H31N. The first-order chi connectivity index (χ1) is 10.3. The fourth-order valence-electron chi connectivity index (χ4n) is 3.10. The van der Waals surface area contributed by atoms with Gasteiger partial charge in [-0.15, -0.1) is 0 Å². The van der Waals surface area contributed by atoms with Crippen molar-refractivity contribution in [2.75, 3.05) is 0 Å². The van der Waals surface area contributed by atoms with Gasteiger partial charge < -0.3 is 4.98 Å². The maximum atomic E-state index is 3.57. The third kappa shape index (κ3) is 5.22. The van der Waals surface area contributed by atoms with Crippen LogP contribution in [-0.2, 0) is 0 Å². The molecule has 0 radical (unpaired) electrons. The fourth-order valence-corrected chi connectivity index (χ4v) is 3.10. The first kappa shape index (κ1) is 16.1. The SMILES string of the molecule is CCCCCCCCCCC(C)c1cc2ccccc2[nH]1. The van der Waals surface area contributed by atoms with Crippen LogP contribution in [0, 0.1) is 0 Å². The molecule has 1 N–H and O–H groups in total. The molecule has 1 heteroatoms. The normalized spacial score (nSPS) is 12.9. The van der Waals surface area contributed by atoms with Crippen LogP contribution in [0.1, 0.15) is 83.2 Å². The lowest BCUT2D eigenvalue weighted by molar-refractivity contribution is 0.540. The summed E-state index contributed by atoms with van der Waals surface area (Å²) in [4.78, 5) is 3.57. The lowest BCUT2D eigenvalue weighted by Gasteiger charge is -2.09. The summed E-state index contributed by atoms with van der Waals surface area (Å²) in [6.07, 6.45) is 12.6. The quantitative estimate of drug-likeness (QED) is 0.462. The molecular weight excluding hydrogens is 254 g/mol. The minimum Gasteiger partial charge on any atom is -0.358 e. The molecule has 1 atom stereocenters. The number of hydrogen-bond acceptors (Lipinski definition) is 0. The Labute approximate surface area is 130 Å². The highest BCUT2D eigenvalue weighted by Crippen LogP contribution is 2.25. The Morgan fingerprint density at radius 1 is 0.905 bits per heavy atom. The number of para-hydroxylation sites is 1. The minimum atomic E-state index is 0.650. The number of rotatable bonds is 10. The third-order valence-electron chi connectivity index (χ3n) is 4.57. The van der Waals surface area contributed by atoms with E-state index in [0.717, 1.165) is 0 Å². The van der Waals surface area contributed by atoms with Gasteiger partial charge in [0.15, 0.2) is 0 Å². The highest BCUT2D eigenvalue weighted by atomic mass is 14.7. The lowest BCUT2D eigenvalue weighted by atomic mass is 9.99. The van der Waals surface area contributed by atoms with Crippen LogP contribution < -0.4 is 0 Å². The molecule has 0 spiro atoms. The Balaban J connectivity index is 1.64. The van der Waals surface area contributed by atoms with Crippen molar-refractivity contribution in [1.82, 2.24) is 4.98 Å². The zero-order valence-electron chi connectivity index (χ0n) is 13.8. The summed E-state index contributed by atoms with van der Waals surface area (Å²) in [5.41, 5.74) is 2.68. The first-order valence-corrected chi connectivity index (χ1v) is 8.89. The van der Waals surface area contributed by atoms with Gasteiger partial charge in [0.25, 0.3) is 0 Å². The smallest absolute Gasteiger partial charge is 0.0456 e. The number of unbranched alkanes of at least 4 members (excludes halogenated alkanes) is 7. The molecule has 0 saturated heterocycles. The van der Waals surface area contributed by atoms with E-state index in [1.807, 2.05) is 0 Å². The standard InChI is InChI=1S/C20H31N/c1-3-4-5-6-7-8-9-10-13-17(2)20-16-18-14-11-12-15-19(18)21-20/h11-12,14-17,21H,3-10,13H2,1-2H3. The lowest BCUT2D eigenvalue weighted by Crippen LogP contribution is -1.94. The van der Waals surface area contributed by atoms with E-state index >= 15 is 0 Å². The molecule has 1 nitrogen and oxygen atoms in total. The first-order valence-electron chi connectivity index (χ1n) is 8.89. The maximum absolute atomic E-state index is 3.57. The topological polar surface area (TPSA) is 15.8 Å². The molecule has 0 fully saturated rings. The summed E-state index contributed by atoms with van der Waals surface area (Å²) in [6.45, 7) is 4.64. The van der Waals surface area contributed by atoms with Crippen molar-refractivity contribution in [3.05, 3.63) is 36.0 Å². The molecule has 0 aliphatic rings. The summed E-state index contributed by atoms with van der Waals surface area (Å²) in [5, 5.41) is 1.34. The van der Waals surface area contributed by atoms with Gasteiger partial charge in [0.2, 0.25) is 0 Å². The maximum Gasteiger partial charge on any atom is 0.0456 e. The van der Waals surface area contributed by atoms with Crippen molar-refractivity contribution in [3.63, 3.8) is 0 Å². The number of H-pyrrole nitrogens is 1. The number of aromatic amines is 1. The highest BCUT2D eigenvalue weighted by molar-refractivity contribution is 5.80. The van der Waals surface area contributed by atoms with Crippen molar-refractivity contribution in [3.8, 4) is 0 Å². The van der Waals surface area contributed by atoms with Crippen molar-refractivity contribution in [2.24, 2.45) is 0 Å². The zero-order valence-corrected chi connectivity index (χ0v) is 13.8. The predicted octanol–water partition coefficient (Wildman–Crippen LogP) is 6.80. The Bertz CT molecular complexity index is 478. The molecule has 0 aliphatic carbocycles. The largest absolute Gasteiger partial charge is 0.358 e. The second-order valence-corrected chi connectivity index (χ2v) is 6.48. The third-order valence-corrected chi connectivity index (χ3v) is 4.57. The highest BCUT2D eigenvalue weighted by Gasteiger charge is 2.08. The van der Waals surface area contributed by atoms with Gasteiger partial charge >= 0.3 is 0 Å². The molecule has 1 aromatic carbocycles.